The maximum atomic E-state index is 13.9. The second-order valence-electron chi connectivity index (χ2n) is 12.4. The molecular formula is C30H35N7O2S. The van der Waals surface area contributed by atoms with Gasteiger partial charge in [-0.3, -0.25) is 14.0 Å². The number of rotatable bonds is 5. The molecular weight excluding hydrogens is 522 g/mol. The Kier molecular flexibility index (Phi) is 5.86. The van der Waals surface area contributed by atoms with E-state index in [1.807, 2.05) is 28.7 Å². The fourth-order valence-electron chi connectivity index (χ4n) is 7.32. The molecule has 2 atom stereocenters. The second kappa shape index (κ2) is 9.49. The first-order valence-corrected chi connectivity index (χ1v) is 15.5. The summed E-state index contributed by atoms with van der Waals surface area (Å²) in [5.74, 6) is 2.08. The van der Waals surface area contributed by atoms with Crippen molar-refractivity contribution in [3.63, 3.8) is 0 Å². The average molecular weight is 558 g/mol. The average Bonchev–Trinajstić information content (AvgIpc) is 3.51. The lowest BCUT2D eigenvalue weighted by atomic mass is 9.96. The van der Waals surface area contributed by atoms with Crippen LogP contribution in [-0.4, -0.2) is 89.0 Å². The van der Waals surface area contributed by atoms with Crippen molar-refractivity contribution < 1.29 is 4.79 Å². The van der Waals surface area contributed by atoms with E-state index in [1.54, 1.807) is 6.20 Å². The van der Waals surface area contributed by atoms with E-state index in [-0.39, 0.29) is 16.9 Å². The molecule has 0 bridgehead atoms. The molecule has 3 saturated heterocycles. The zero-order valence-corrected chi connectivity index (χ0v) is 23.7. The van der Waals surface area contributed by atoms with E-state index >= 15 is 0 Å². The molecule has 1 aliphatic carbocycles. The van der Waals surface area contributed by atoms with Crippen LogP contribution in [0, 0.1) is 17.8 Å². The molecule has 4 fully saturated rings. The van der Waals surface area contributed by atoms with Gasteiger partial charge in [-0.1, -0.05) is 12.1 Å². The Morgan fingerprint density at radius 1 is 1.05 bits per heavy atom. The third-order valence-corrected chi connectivity index (χ3v) is 10.8. The molecule has 1 saturated carbocycles. The number of hydrogen-bond acceptors (Lipinski definition) is 8. The molecule has 0 radical (unpaired) electrons. The molecule has 3 aromatic heterocycles. The molecule has 9 nitrogen and oxygen atoms in total. The van der Waals surface area contributed by atoms with Gasteiger partial charge in [0.05, 0.1) is 15.6 Å². The first-order valence-electron chi connectivity index (χ1n) is 14.7. The maximum Gasteiger partial charge on any atom is 0.258 e. The van der Waals surface area contributed by atoms with Crippen molar-refractivity contribution in [2.45, 2.75) is 31.7 Å². The molecule has 6 heterocycles. The first kappa shape index (κ1) is 24.7. The number of fused-ring (bicyclic) bond motifs is 6. The number of likely N-dealkylation sites (tertiary alicyclic amines) is 2. The largest absolute Gasteiger partial charge is 0.352 e. The van der Waals surface area contributed by atoms with E-state index in [1.165, 1.54) is 24.2 Å². The van der Waals surface area contributed by atoms with Gasteiger partial charge < -0.3 is 20.0 Å². The number of thiazole rings is 1. The summed E-state index contributed by atoms with van der Waals surface area (Å²) in [7, 11) is 2.19. The molecule has 1 amide bonds. The summed E-state index contributed by atoms with van der Waals surface area (Å²) in [6.07, 6.45) is 6.50. The molecule has 4 aromatic rings. The molecule has 2 unspecified atom stereocenters. The van der Waals surface area contributed by atoms with Crippen molar-refractivity contribution >= 4 is 49.3 Å². The smallest absolute Gasteiger partial charge is 0.258 e. The fraction of sp³-hybridized carbons (Fsp3) is 0.533. The van der Waals surface area contributed by atoms with Crippen molar-refractivity contribution in [1.82, 2.24) is 29.5 Å². The van der Waals surface area contributed by atoms with Gasteiger partial charge in [0, 0.05) is 45.0 Å². The van der Waals surface area contributed by atoms with Crippen LogP contribution < -0.4 is 15.6 Å². The van der Waals surface area contributed by atoms with Crippen LogP contribution in [0.4, 0.5) is 5.95 Å². The zero-order valence-electron chi connectivity index (χ0n) is 22.9. The van der Waals surface area contributed by atoms with Crippen LogP contribution in [0.25, 0.3) is 26.1 Å². The number of amides is 1. The number of carbonyl (C=O) groups excluding carboxylic acids is 1. The summed E-state index contributed by atoms with van der Waals surface area (Å²) in [6, 6.07) is 8.86. The van der Waals surface area contributed by atoms with Gasteiger partial charge in [0.2, 0.25) is 11.4 Å². The monoisotopic (exact) mass is 557 g/mol. The standard InChI is InChI=1S/C30H35N7O2S/c1-34-14-19-16-36(17-20(19)15-34)30-32-13-22-26(38)25(28(39)31-12-18-8-10-35(11-9-18)21-6-7-21)29-37(27(22)33-30)23-4-2-3-5-24(23)40-29/h2-5,13,18-21H,6-12,14-17H2,1H3,(H,31,39). The van der Waals surface area contributed by atoms with Crippen LogP contribution in [0.5, 0.6) is 0 Å². The van der Waals surface area contributed by atoms with Crippen LogP contribution in [0.1, 0.15) is 36.0 Å². The summed E-state index contributed by atoms with van der Waals surface area (Å²) in [5.41, 5.74) is 1.47. The lowest BCUT2D eigenvalue weighted by molar-refractivity contribution is 0.0935. The molecule has 4 aliphatic rings. The van der Waals surface area contributed by atoms with Crippen molar-refractivity contribution in [3.05, 3.63) is 46.2 Å². The summed E-state index contributed by atoms with van der Waals surface area (Å²) >= 11 is 1.49. The Morgan fingerprint density at radius 2 is 1.80 bits per heavy atom. The van der Waals surface area contributed by atoms with E-state index in [2.05, 4.69) is 32.0 Å². The predicted octanol–water partition coefficient (Wildman–Crippen LogP) is 3.06. The number of benzene rings is 1. The SMILES string of the molecule is CN1CC2CN(c3ncc4c(=O)c(C(=O)NCC5CCN(C6CC6)CC5)c5sc6ccccc6n5c4n3)CC2C1. The van der Waals surface area contributed by atoms with Crippen LogP contribution in [0.15, 0.2) is 35.3 Å². The molecule has 1 aromatic carbocycles. The normalized spacial score (nSPS) is 24.5. The number of anilines is 1. The number of piperidine rings is 1. The minimum Gasteiger partial charge on any atom is -0.352 e. The molecule has 1 N–H and O–H groups in total. The van der Waals surface area contributed by atoms with E-state index in [4.69, 9.17) is 4.98 Å². The third-order valence-electron chi connectivity index (χ3n) is 9.61. The van der Waals surface area contributed by atoms with Gasteiger partial charge in [0.1, 0.15) is 10.4 Å². The molecule has 40 heavy (non-hydrogen) atoms. The Labute approximate surface area is 236 Å². The van der Waals surface area contributed by atoms with Crippen molar-refractivity contribution in [2.24, 2.45) is 17.8 Å². The van der Waals surface area contributed by atoms with Gasteiger partial charge >= 0.3 is 0 Å². The Balaban J connectivity index is 1.14. The summed E-state index contributed by atoms with van der Waals surface area (Å²) < 4.78 is 3.03. The fourth-order valence-corrected chi connectivity index (χ4v) is 8.50. The highest BCUT2D eigenvalue weighted by molar-refractivity contribution is 7.24. The highest BCUT2D eigenvalue weighted by atomic mass is 32.1. The predicted molar refractivity (Wildman–Crippen MR) is 158 cm³/mol. The van der Waals surface area contributed by atoms with E-state index in [9.17, 15) is 9.59 Å². The van der Waals surface area contributed by atoms with Gasteiger partial charge in [-0.25, -0.2) is 4.98 Å². The highest BCUT2D eigenvalue weighted by Gasteiger charge is 2.40. The van der Waals surface area contributed by atoms with Gasteiger partial charge in [-0.15, -0.1) is 11.3 Å². The molecule has 0 spiro atoms. The van der Waals surface area contributed by atoms with Gasteiger partial charge in [-0.2, -0.15) is 4.98 Å². The number of carbonyl (C=O) groups is 1. The maximum absolute atomic E-state index is 13.9. The molecule has 3 aliphatic heterocycles. The van der Waals surface area contributed by atoms with Gasteiger partial charge in [-0.05, 0) is 75.7 Å². The Morgan fingerprint density at radius 3 is 2.55 bits per heavy atom. The lowest BCUT2D eigenvalue weighted by Gasteiger charge is -2.32. The van der Waals surface area contributed by atoms with E-state index in [0.717, 1.165) is 68.4 Å². The lowest BCUT2D eigenvalue weighted by Crippen LogP contribution is -2.40. The van der Waals surface area contributed by atoms with Crippen molar-refractivity contribution in [1.29, 1.82) is 0 Å². The van der Waals surface area contributed by atoms with Crippen LogP contribution >= 0.6 is 11.3 Å². The van der Waals surface area contributed by atoms with Crippen LogP contribution in [-0.2, 0) is 0 Å². The summed E-state index contributed by atoms with van der Waals surface area (Å²) in [5, 5.41) is 3.53. The van der Waals surface area contributed by atoms with Crippen molar-refractivity contribution in [3.8, 4) is 0 Å². The Bertz CT molecular complexity index is 1670. The first-order chi connectivity index (χ1) is 19.5. The van der Waals surface area contributed by atoms with Gasteiger partial charge in [0.25, 0.3) is 5.91 Å². The van der Waals surface area contributed by atoms with Crippen molar-refractivity contribution in [2.75, 3.05) is 57.8 Å². The number of nitrogens with one attached hydrogen (secondary N) is 1. The summed E-state index contributed by atoms with van der Waals surface area (Å²) in [4.78, 5) is 45.1. The highest BCUT2D eigenvalue weighted by Crippen LogP contribution is 2.34. The number of pyridine rings is 1. The third kappa shape index (κ3) is 4.11. The quantitative estimate of drug-likeness (QED) is 0.404. The number of hydrogen-bond donors (Lipinski definition) is 1. The Hall–Kier alpha value is -3.08. The van der Waals surface area contributed by atoms with Crippen LogP contribution in [0.2, 0.25) is 0 Å². The van der Waals surface area contributed by atoms with Gasteiger partial charge in [0.15, 0.2) is 5.65 Å². The minimum atomic E-state index is -0.291. The van der Waals surface area contributed by atoms with E-state index < -0.39 is 0 Å². The topological polar surface area (TPSA) is 86.1 Å². The molecule has 10 heteroatoms. The number of nitrogens with zero attached hydrogens (tertiary/aromatic N) is 6. The molecule has 8 rings (SSSR count). The van der Waals surface area contributed by atoms with E-state index in [0.29, 0.717) is 46.1 Å². The zero-order chi connectivity index (χ0) is 27.0. The summed E-state index contributed by atoms with van der Waals surface area (Å²) in [6.45, 7) is 6.90. The molecule has 208 valence electrons. The second-order valence-corrected chi connectivity index (χ2v) is 13.4. The number of para-hydroxylation sites is 1. The number of aromatic nitrogens is 3. The minimum absolute atomic E-state index is 0.208. The van der Waals surface area contributed by atoms with Crippen LogP contribution in [0.3, 0.4) is 0 Å².